The summed E-state index contributed by atoms with van der Waals surface area (Å²) in [5.74, 6) is 0.0888. The van der Waals surface area contributed by atoms with Crippen molar-refractivity contribution in [1.82, 2.24) is 4.90 Å². The lowest BCUT2D eigenvalue weighted by Gasteiger charge is -2.07. The van der Waals surface area contributed by atoms with E-state index in [2.05, 4.69) is 12.7 Å². The summed E-state index contributed by atoms with van der Waals surface area (Å²) < 4.78 is 0. The first-order valence-corrected chi connectivity index (χ1v) is 5.10. The van der Waals surface area contributed by atoms with Gasteiger partial charge in [0.05, 0.1) is 0 Å². The Bertz CT molecular complexity index is 291. The molecule has 2 heteroatoms. The third-order valence-electron chi connectivity index (χ3n) is 2.40. The SMILES string of the molecule is C=C1C2=CCCC=C2C(=O)N1C.CC. The number of allylic oxidation sites excluding steroid dienone is 3. The van der Waals surface area contributed by atoms with E-state index < -0.39 is 0 Å². The van der Waals surface area contributed by atoms with Gasteiger partial charge in [0.15, 0.2) is 0 Å². The van der Waals surface area contributed by atoms with Gasteiger partial charge in [0.1, 0.15) is 0 Å². The van der Waals surface area contributed by atoms with Crippen LogP contribution in [0.5, 0.6) is 0 Å². The summed E-state index contributed by atoms with van der Waals surface area (Å²) in [6.07, 6.45) is 6.11. The lowest BCUT2D eigenvalue weighted by atomic mass is 9.99. The highest BCUT2D eigenvalue weighted by molar-refractivity contribution is 6.04. The van der Waals surface area contributed by atoms with Gasteiger partial charge in [0, 0.05) is 23.9 Å². The largest absolute Gasteiger partial charge is 0.311 e. The van der Waals surface area contributed by atoms with Crippen LogP contribution < -0.4 is 0 Å². The van der Waals surface area contributed by atoms with E-state index in [4.69, 9.17) is 0 Å². The third-order valence-corrected chi connectivity index (χ3v) is 2.40. The van der Waals surface area contributed by atoms with Crippen molar-refractivity contribution in [3.8, 4) is 0 Å². The van der Waals surface area contributed by atoms with Crippen LogP contribution in [0, 0.1) is 0 Å². The summed E-state index contributed by atoms with van der Waals surface area (Å²) in [5, 5.41) is 0. The van der Waals surface area contributed by atoms with Crippen molar-refractivity contribution >= 4 is 5.91 Å². The zero-order chi connectivity index (χ0) is 10.7. The Morgan fingerprint density at radius 1 is 1.21 bits per heavy atom. The fraction of sp³-hybridized carbons (Fsp3) is 0.417. The summed E-state index contributed by atoms with van der Waals surface area (Å²) in [4.78, 5) is 13.1. The average molecular weight is 191 g/mol. The van der Waals surface area contributed by atoms with Gasteiger partial charge < -0.3 is 4.90 Å². The summed E-state index contributed by atoms with van der Waals surface area (Å²) in [7, 11) is 1.77. The second-order valence-electron chi connectivity index (χ2n) is 3.12. The molecule has 2 aliphatic rings. The number of amides is 1. The van der Waals surface area contributed by atoms with E-state index in [1.165, 1.54) is 0 Å². The molecule has 0 N–H and O–H groups in total. The average Bonchev–Trinajstić information content (AvgIpc) is 2.48. The standard InChI is InChI=1S/C10H11NO.C2H6/c1-7-8-5-3-4-6-9(8)10(12)11(7)2;1-2/h5-6H,1,3-4H2,2H3;1-2H3. The molecule has 0 spiro atoms. The van der Waals surface area contributed by atoms with Crippen LogP contribution in [0.15, 0.2) is 35.6 Å². The van der Waals surface area contributed by atoms with E-state index in [1.807, 2.05) is 19.9 Å². The maximum absolute atomic E-state index is 11.5. The molecule has 0 saturated carbocycles. The normalized spacial score (nSPS) is 19.5. The quantitative estimate of drug-likeness (QED) is 0.576. The Morgan fingerprint density at radius 2 is 1.71 bits per heavy atom. The number of likely N-dealkylation sites (tertiary alicyclic amines) is 1. The Morgan fingerprint density at radius 3 is 2.21 bits per heavy atom. The van der Waals surface area contributed by atoms with Crippen molar-refractivity contribution in [3.63, 3.8) is 0 Å². The van der Waals surface area contributed by atoms with Crippen molar-refractivity contribution in [2.45, 2.75) is 26.7 Å². The monoisotopic (exact) mass is 191 g/mol. The van der Waals surface area contributed by atoms with Crippen LogP contribution in [0.2, 0.25) is 0 Å². The van der Waals surface area contributed by atoms with Crippen LogP contribution in [0.1, 0.15) is 26.7 Å². The second kappa shape index (κ2) is 4.27. The summed E-state index contributed by atoms with van der Waals surface area (Å²) in [6, 6.07) is 0. The number of likely N-dealkylation sites (N-methyl/N-ethyl adjacent to an activating group) is 1. The minimum absolute atomic E-state index is 0.0888. The lowest BCUT2D eigenvalue weighted by molar-refractivity contribution is -0.122. The molecule has 1 fully saturated rings. The fourth-order valence-electron chi connectivity index (χ4n) is 1.63. The highest BCUT2D eigenvalue weighted by atomic mass is 16.2. The Hall–Kier alpha value is -1.31. The maximum Gasteiger partial charge on any atom is 0.258 e. The van der Waals surface area contributed by atoms with E-state index in [-0.39, 0.29) is 5.91 Å². The zero-order valence-corrected chi connectivity index (χ0v) is 9.13. The van der Waals surface area contributed by atoms with Gasteiger partial charge in [-0.1, -0.05) is 32.6 Å². The number of fused-ring (bicyclic) bond motifs is 1. The minimum atomic E-state index is 0.0888. The van der Waals surface area contributed by atoms with Crippen LogP contribution in [0.25, 0.3) is 0 Å². The van der Waals surface area contributed by atoms with Crippen LogP contribution in [0.4, 0.5) is 0 Å². The van der Waals surface area contributed by atoms with Crippen molar-refractivity contribution < 1.29 is 4.79 Å². The molecule has 1 amide bonds. The maximum atomic E-state index is 11.5. The van der Waals surface area contributed by atoms with Gasteiger partial charge in [-0.3, -0.25) is 4.79 Å². The second-order valence-corrected chi connectivity index (χ2v) is 3.12. The first kappa shape index (κ1) is 10.8. The summed E-state index contributed by atoms with van der Waals surface area (Å²) in [5.41, 5.74) is 2.72. The number of rotatable bonds is 0. The summed E-state index contributed by atoms with van der Waals surface area (Å²) in [6.45, 7) is 7.87. The molecule has 1 saturated heterocycles. The third kappa shape index (κ3) is 1.52. The molecule has 0 unspecified atom stereocenters. The van der Waals surface area contributed by atoms with Gasteiger partial charge in [-0.05, 0) is 12.8 Å². The lowest BCUT2D eigenvalue weighted by Crippen LogP contribution is -2.17. The van der Waals surface area contributed by atoms with E-state index in [0.717, 1.165) is 29.7 Å². The summed E-state index contributed by atoms with van der Waals surface area (Å²) >= 11 is 0. The molecule has 14 heavy (non-hydrogen) atoms. The van der Waals surface area contributed by atoms with Crippen molar-refractivity contribution in [3.05, 3.63) is 35.6 Å². The molecule has 0 aromatic carbocycles. The van der Waals surface area contributed by atoms with Gasteiger partial charge in [0.2, 0.25) is 0 Å². The van der Waals surface area contributed by atoms with E-state index in [9.17, 15) is 4.79 Å². The van der Waals surface area contributed by atoms with Crippen LogP contribution in [-0.2, 0) is 4.79 Å². The van der Waals surface area contributed by atoms with Crippen LogP contribution >= 0.6 is 0 Å². The molecule has 76 valence electrons. The first-order valence-electron chi connectivity index (χ1n) is 5.10. The van der Waals surface area contributed by atoms with Gasteiger partial charge in [-0.25, -0.2) is 0 Å². The first-order chi connectivity index (χ1) is 6.72. The van der Waals surface area contributed by atoms with Gasteiger partial charge in [0.25, 0.3) is 5.91 Å². The topological polar surface area (TPSA) is 20.3 Å². The van der Waals surface area contributed by atoms with Gasteiger partial charge >= 0.3 is 0 Å². The molecule has 2 rings (SSSR count). The number of carbonyl (C=O) groups is 1. The highest BCUT2D eigenvalue weighted by Crippen LogP contribution is 2.33. The Kier molecular flexibility index (Phi) is 3.28. The van der Waals surface area contributed by atoms with Crippen molar-refractivity contribution in [2.75, 3.05) is 7.05 Å². The molecule has 0 bridgehead atoms. The Balaban J connectivity index is 0.000000461. The van der Waals surface area contributed by atoms with Crippen molar-refractivity contribution in [2.24, 2.45) is 0 Å². The molecule has 0 radical (unpaired) electrons. The van der Waals surface area contributed by atoms with Crippen molar-refractivity contribution in [1.29, 1.82) is 0 Å². The number of nitrogens with zero attached hydrogens (tertiary/aromatic N) is 1. The fourth-order valence-corrected chi connectivity index (χ4v) is 1.63. The van der Waals surface area contributed by atoms with E-state index in [1.54, 1.807) is 11.9 Å². The molecule has 2 nitrogen and oxygen atoms in total. The predicted octanol–water partition coefficient (Wildman–Crippen LogP) is 2.64. The molecular weight excluding hydrogens is 174 g/mol. The smallest absolute Gasteiger partial charge is 0.258 e. The van der Waals surface area contributed by atoms with Gasteiger partial charge in [-0.2, -0.15) is 0 Å². The molecule has 0 aromatic heterocycles. The minimum Gasteiger partial charge on any atom is -0.311 e. The number of hydrogen-bond acceptors (Lipinski definition) is 1. The van der Waals surface area contributed by atoms with Crippen LogP contribution in [-0.4, -0.2) is 17.9 Å². The number of carbonyl (C=O) groups excluding carboxylic acids is 1. The van der Waals surface area contributed by atoms with E-state index >= 15 is 0 Å². The van der Waals surface area contributed by atoms with E-state index in [0.29, 0.717) is 0 Å². The molecule has 1 aliphatic carbocycles. The molecule has 0 aromatic rings. The zero-order valence-electron chi connectivity index (χ0n) is 9.13. The molecule has 1 aliphatic heterocycles. The molecule has 0 atom stereocenters. The van der Waals surface area contributed by atoms with Gasteiger partial charge in [-0.15, -0.1) is 0 Å². The number of hydrogen-bond donors (Lipinski definition) is 0. The Labute approximate surface area is 85.6 Å². The molecule has 1 heterocycles. The predicted molar refractivity (Wildman–Crippen MR) is 58.7 cm³/mol. The highest BCUT2D eigenvalue weighted by Gasteiger charge is 2.31. The molecular formula is C12H17NO. The van der Waals surface area contributed by atoms with Crippen LogP contribution in [0.3, 0.4) is 0 Å².